The Morgan fingerprint density at radius 2 is 1.81 bits per heavy atom. The van der Waals surface area contributed by atoms with Crippen molar-refractivity contribution in [2.75, 3.05) is 13.2 Å². The molecule has 0 spiro atoms. The second kappa shape index (κ2) is 10.1. The Balaban J connectivity index is 1.42. The molecule has 0 aliphatic heterocycles. The maximum atomic E-state index is 6.21. The Morgan fingerprint density at radius 1 is 1.00 bits per heavy atom. The zero-order chi connectivity index (χ0) is 22.9. The number of hydrogen-bond donors (Lipinski definition) is 1. The van der Waals surface area contributed by atoms with E-state index in [1.807, 2.05) is 0 Å². The van der Waals surface area contributed by atoms with Gasteiger partial charge in [-0.05, 0) is 111 Å². The van der Waals surface area contributed by atoms with Gasteiger partial charge in [-0.25, -0.2) is 0 Å². The molecule has 0 saturated heterocycles. The molecule has 32 heavy (non-hydrogen) atoms. The van der Waals surface area contributed by atoms with Crippen LogP contribution in [0.1, 0.15) is 112 Å². The lowest BCUT2D eigenvalue weighted by atomic mass is 9.47. The van der Waals surface area contributed by atoms with Gasteiger partial charge in [0.2, 0.25) is 0 Å². The van der Waals surface area contributed by atoms with E-state index in [2.05, 4.69) is 40.7 Å². The minimum Gasteiger partial charge on any atom is -0.378 e. The van der Waals surface area contributed by atoms with Crippen LogP contribution in [0.2, 0.25) is 0 Å². The standard InChI is InChI=1S/C30H53NO/c1-21(2)8-6-9-22(3)26-12-13-27-25-11-10-23-20-24(32-19-7-18-31)14-16-29(23,4)28(25)15-17-30(26,27)5/h10,21-22,24-28H,6-9,11-20,31H2,1-5H3/t22-,24-,25-,26+,27+,28+,29-,30+/m0/s1. The Morgan fingerprint density at radius 3 is 2.56 bits per heavy atom. The van der Waals surface area contributed by atoms with Crippen LogP contribution in [0.3, 0.4) is 0 Å². The summed E-state index contributed by atoms with van der Waals surface area (Å²) in [6, 6.07) is 0. The van der Waals surface area contributed by atoms with Crippen molar-refractivity contribution in [2.45, 2.75) is 118 Å². The monoisotopic (exact) mass is 443 g/mol. The minimum absolute atomic E-state index is 0.439. The normalized spacial score (nSPS) is 42.2. The molecule has 2 heteroatoms. The highest BCUT2D eigenvalue weighted by Gasteiger charge is 2.59. The van der Waals surface area contributed by atoms with Crippen molar-refractivity contribution in [3.8, 4) is 0 Å². The first-order valence-corrected chi connectivity index (χ1v) is 14.3. The molecule has 4 aliphatic carbocycles. The summed E-state index contributed by atoms with van der Waals surface area (Å²) in [5.74, 6) is 5.55. The van der Waals surface area contributed by atoms with E-state index in [4.69, 9.17) is 10.5 Å². The average molecular weight is 444 g/mol. The predicted octanol–water partition coefficient (Wildman–Crippen LogP) is 7.76. The van der Waals surface area contributed by atoms with Crippen molar-refractivity contribution < 1.29 is 4.74 Å². The SMILES string of the molecule is CC(C)CCC[C@H](C)[C@H]1CC[C@@H]2[C@@H]3CC=C4C[C@@H](OCCCN)CC[C@]4(C)[C@@H]3CC[C@@]21C. The van der Waals surface area contributed by atoms with Crippen molar-refractivity contribution in [2.24, 2.45) is 52.1 Å². The van der Waals surface area contributed by atoms with Gasteiger partial charge in [0.05, 0.1) is 6.10 Å². The lowest BCUT2D eigenvalue weighted by molar-refractivity contribution is -0.0639. The number of allylic oxidation sites excluding steroid dienone is 1. The van der Waals surface area contributed by atoms with Crippen molar-refractivity contribution in [1.29, 1.82) is 0 Å². The number of hydrogen-bond acceptors (Lipinski definition) is 2. The molecule has 0 radical (unpaired) electrons. The van der Waals surface area contributed by atoms with Crippen LogP contribution >= 0.6 is 0 Å². The fraction of sp³-hybridized carbons (Fsp3) is 0.933. The van der Waals surface area contributed by atoms with Crippen molar-refractivity contribution >= 4 is 0 Å². The highest BCUT2D eigenvalue weighted by molar-refractivity contribution is 5.25. The van der Waals surface area contributed by atoms with E-state index in [0.29, 0.717) is 16.9 Å². The molecule has 0 unspecified atom stereocenters. The van der Waals surface area contributed by atoms with Gasteiger partial charge in [0, 0.05) is 6.61 Å². The van der Waals surface area contributed by atoms with Crippen molar-refractivity contribution in [1.82, 2.24) is 0 Å². The molecule has 3 saturated carbocycles. The summed E-state index contributed by atoms with van der Waals surface area (Å²) < 4.78 is 6.21. The number of rotatable bonds is 9. The zero-order valence-electron chi connectivity index (χ0n) is 22.0. The first kappa shape index (κ1) is 24.8. The van der Waals surface area contributed by atoms with E-state index >= 15 is 0 Å². The zero-order valence-corrected chi connectivity index (χ0v) is 22.0. The molecule has 2 N–H and O–H groups in total. The molecular weight excluding hydrogens is 390 g/mol. The molecule has 0 aromatic rings. The van der Waals surface area contributed by atoms with E-state index < -0.39 is 0 Å². The third-order valence-electron chi connectivity index (χ3n) is 11.0. The molecule has 4 rings (SSSR count). The van der Waals surface area contributed by atoms with Gasteiger partial charge in [0.25, 0.3) is 0 Å². The third-order valence-corrected chi connectivity index (χ3v) is 11.0. The van der Waals surface area contributed by atoms with Crippen LogP contribution < -0.4 is 5.73 Å². The lowest BCUT2D eigenvalue weighted by Crippen LogP contribution is -2.51. The Labute approximate surface area is 199 Å². The maximum Gasteiger partial charge on any atom is 0.0612 e. The Kier molecular flexibility index (Phi) is 7.82. The van der Waals surface area contributed by atoms with Crippen LogP contribution in [0.15, 0.2) is 11.6 Å². The van der Waals surface area contributed by atoms with Crippen LogP contribution in [0.4, 0.5) is 0 Å². The second-order valence-corrected chi connectivity index (χ2v) is 13.2. The molecule has 0 aromatic carbocycles. The van der Waals surface area contributed by atoms with E-state index in [0.717, 1.165) is 55.1 Å². The quantitative estimate of drug-likeness (QED) is 0.292. The van der Waals surface area contributed by atoms with Gasteiger partial charge < -0.3 is 10.5 Å². The van der Waals surface area contributed by atoms with Gasteiger partial charge in [-0.2, -0.15) is 0 Å². The van der Waals surface area contributed by atoms with Gasteiger partial charge in [0.15, 0.2) is 0 Å². The van der Waals surface area contributed by atoms with E-state index in [9.17, 15) is 0 Å². The first-order chi connectivity index (χ1) is 15.3. The topological polar surface area (TPSA) is 35.2 Å². The fourth-order valence-corrected chi connectivity index (χ4v) is 9.13. The Bertz CT molecular complexity index is 655. The van der Waals surface area contributed by atoms with E-state index in [-0.39, 0.29) is 0 Å². The van der Waals surface area contributed by atoms with Gasteiger partial charge in [0.1, 0.15) is 0 Å². The maximum absolute atomic E-state index is 6.21. The van der Waals surface area contributed by atoms with Crippen LogP contribution in [0.25, 0.3) is 0 Å². The molecular formula is C30H53NO. The van der Waals surface area contributed by atoms with Crippen molar-refractivity contribution in [3.63, 3.8) is 0 Å². The van der Waals surface area contributed by atoms with Gasteiger partial charge in [-0.15, -0.1) is 0 Å². The summed E-state index contributed by atoms with van der Waals surface area (Å²) in [6.07, 6.45) is 19.5. The molecule has 8 atom stereocenters. The molecule has 0 aromatic heterocycles. The number of fused-ring (bicyclic) bond motifs is 5. The highest BCUT2D eigenvalue weighted by atomic mass is 16.5. The summed E-state index contributed by atoms with van der Waals surface area (Å²) in [6.45, 7) is 14.3. The van der Waals surface area contributed by atoms with Gasteiger partial charge >= 0.3 is 0 Å². The third kappa shape index (κ3) is 4.61. The molecule has 4 aliphatic rings. The van der Waals surface area contributed by atoms with Crippen LogP contribution in [-0.4, -0.2) is 19.3 Å². The predicted molar refractivity (Wildman–Crippen MR) is 136 cm³/mol. The van der Waals surface area contributed by atoms with Crippen LogP contribution in [0, 0.1) is 46.3 Å². The fourth-order valence-electron chi connectivity index (χ4n) is 9.13. The smallest absolute Gasteiger partial charge is 0.0612 e. The first-order valence-electron chi connectivity index (χ1n) is 14.3. The van der Waals surface area contributed by atoms with Gasteiger partial charge in [-0.1, -0.05) is 65.5 Å². The number of ether oxygens (including phenoxy) is 1. The van der Waals surface area contributed by atoms with Crippen LogP contribution in [-0.2, 0) is 4.74 Å². The molecule has 0 heterocycles. The molecule has 184 valence electrons. The lowest BCUT2D eigenvalue weighted by Gasteiger charge is -2.58. The largest absolute Gasteiger partial charge is 0.378 e. The summed E-state index contributed by atoms with van der Waals surface area (Å²) in [7, 11) is 0. The summed E-state index contributed by atoms with van der Waals surface area (Å²) in [5.41, 5.74) is 8.47. The molecule has 2 nitrogen and oxygen atoms in total. The van der Waals surface area contributed by atoms with E-state index in [1.165, 1.54) is 70.6 Å². The van der Waals surface area contributed by atoms with E-state index in [1.54, 1.807) is 5.57 Å². The van der Waals surface area contributed by atoms with Crippen LogP contribution in [0.5, 0.6) is 0 Å². The second-order valence-electron chi connectivity index (χ2n) is 13.2. The average Bonchev–Trinajstić information content (AvgIpc) is 3.11. The number of nitrogens with two attached hydrogens (primary N) is 1. The highest BCUT2D eigenvalue weighted by Crippen LogP contribution is 2.67. The summed E-state index contributed by atoms with van der Waals surface area (Å²) in [5, 5.41) is 0. The Hall–Kier alpha value is -0.340. The van der Waals surface area contributed by atoms with Crippen molar-refractivity contribution in [3.05, 3.63) is 11.6 Å². The molecule has 0 bridgehead atoms. The minimum atomic E-state index is 0.439. The molecule has 0 amide bonds. The molecule has 3 fully saturated rings. The summed E-state index contributed by atoms with van der Waals surface area (Å²) in [4.78, 5) is 0. The van der Waals surface area contributed by atoms with Gasteiger partial charge in [-0.3, -0.25) is 0 Å². The summed E-state index contributed by atoms with van der Waals surface area (Å²) >= 11 is 0.